The van der Waals surface area contributed by atoms with Crippen LogP contribution in [0, 0.1) is 0 Å². The van der Waals surface area contributed by atoms with E-state index >= 15 is 0 Å². The van der Waals surface area contributed by atoms with E-state index in [1.54, 1.807) is 7.11 Å². The molecule has 1 heterocycles. The van der Waals surface area contributed by atoms with Crippen molar-refractivity contribution in [3.05, 3.63) is 0 Å². The van der Waals surface area contributed by atoms with E-state index in [1.807, 2.05) is 0 Å². The second-order valence-electron chi connectivity index (χ2n) is 3.46. The summed E-state index contributed by atoms with van der Waals surface area (Å²) in [5.74, 6) is -0.343. The Morgan fingerprint density at radius 1 is 1.58 bits per heavy atom. The molecule has 1 saturated carbocycles. The van der Waals surface area contributed by atoms with Crippen LogP contribution >= 0.6 is 0 Å². The predicted octanol–water partition coefficient (Wildman–Crippen LogP) is -0.134. The van der Waals surface area contributed by atoms with Crippen LogP contribution in [0.3, 0.4) is 0 Å². The molecule has 1 atom stereocenters. The van der Waals surface area contributed by atoms with Crippen molar-refractivity contribution < 1.29 is 14.2 Å². The highest BCUT2D eigenvalue weighted by molar-refractivity contribution is 4.93. The first kappa shape index (κ1) is 8.44. The van der Waals surface area contributed by atoms with Crippen LogP contribution in [0.15, 0.2) is 0 Å². The maximum absolute atomic E-state index is 5.64. The van der Waals surface area contributed by atoms with E-state index in [0.717, 1.165) is 12.8 Å². The van der Waals surface area contributed by atoms with Crippen molar-refractivity contribution in [2.45, 2.75) is 30.8 Å². The monoisotopic (exact) mass is 173 g/mol. The highest BCUT2D eigenvalue weighted by Gasteiger charge is 2.51. The van der Waals surface area contributed by atoms with Gasteiger partial charge in [-0.15, -0.1) is 0 Å². The van der Waals surface area contributed by atoms with Gasteiger partial charge in [-0.1, -0.05) is 0 Å². The molecule has 4 heteroatoms. The second-order valence-corrected chi connectivity index (χ2v) is 3.46. The molecule has 2 N–H and O–H groups in total. The van der Waals surface area contributed by atoms with Gasteiger partial charge in [0.25, 0.3) is 0 Å². The lowest BCUT2D eigenvalue weighted by molar-refractivity contribution is -0.257. The fourth-order valence-electron chi connectivity index (χ4n) is 1.75. The Hall–Kier alpha value is -0.160. The standard InChI is InChI=1S/C8H15NO3/c1-10-6-2-8(3-6)11-5-7(4-9)12-8/h6-7H,2-5,9H2,1H3. The van der Waals surface area contributed by atoms with Gasteiger partial charge in [0.15, 0.2) is 5.79 Å². The van der Waals surface area contributed by atoms with E-state index < -0.39 is 0 Å². The molecular formula is C8H15NO3. The molecule has 1 aliphatic heterocycles. The quantitative estimate of drug-likeness (QED) is 0.631. The van der Waals surface area contributed by atoms with Crippen molar-refractivity contribution in [2.75, 3.05) is 20.3 Å². The van der Waals surface area contributed by atoms with E-state index in [4.69, 9.17) is 19.9 Å². The van der Waals surface area contributed by atoms with Crippen LogP contribution in [-0.2, 0) is 14.2 Å². The van der Waals surface area contributed by atoms with Crippen LogP contribution < -0.4 is 5.73 Å². The smallest absolute Gasteiger partial charge is 0.173 e. The highest BCUT2D eigenvalue weighted by atomic mass is 16.7. The molecule has 0 aromatic carbocycles. The Morgan fingerprint density at radius 3 is 2.83 bits per heavy atom. The van der Waals surface area contributed by atoms with Gasteiger partial charge in [-0.3, -0.25) is 0 Å². The summed E-state index contributed by atoms with van der Waals surface area (Å²) in [6.07, 6.45) is 2.09. The normalized spacial score (nSPS) is 46.5. The van der Waals surface area contributed by atoms with Gasteiger partial charge in [0.1, 0.15) is 0 Å². The molecule has 0 amide bonds. The third-order valence-corrected chi connectivity index (χ3v) is 2.59. The summed E-state index contributed by atoms with van der Waals surface area (Å²) in [6.45, 7) is 1.17. The van der Waals surface area contributed by atoms with E-state index in [9.17, 15) is 0 Å². The van der Waals surface area contributed by atoms with Crippen molar-refractivity contribution >= 4 is 0 Å². The Morgan fingerprint density at radius 2 is 2.33 bits per heavy atom. The maximum atomic E-state index is 5.64. The zero-order valence-corrected chi connectivity index (χ0v) is 7.29. The molecule has 70 valence electrons. The first-order chi connectivity index (χ1) is 5.78. The molecule has 12 heavy (non-hydrogen) atoms. The summed E-state index contributed by atoms with van der Waals surface area (Å²) < 4.78 is 16.3. The largest absolute Gasteiger partial charge is 0.381 e. The van der Waals surface area contributed by atoms with Gasteiger partial charge in [0.05, 0.1) is 18.8 Å². The molecule has 0 aromatic heterocycles. The van der Waals surface area contributed by atoms with Crippen LogP contribution in [0.5, 0.6) is 0 Å². The van der Waals surface area contributed by atoms with Gasteiger partial charge in [-0.25, -0.2) is 0 Å². The van der Waals surface area contributed by atoms with Crippen LogP contribution in [0.1, 0.15) is 12.8 Å². The number of hydrogen-bond acceptors (Lipinski definition) is 4. The molecule has 2 rings (SSSR count). The van der Waals surface area contributed by atoms with Crippen molar-refractivity contribution in [2.24, 2.45) is 5.73 Å². The first-order valence-electron chi connectivity index (χ1n) is 4.32. The third kappa shape index (κ3) is 1.25. The first-order valence-corrected chi connectivity index (χ1v) is 4.32. The van der Waals surface area contributed by atoms with Crippen molar-refractivity contribution in [3.8, 4) is 0 Å². The highest BCUT2D eigenvalue weighted by Crippen LogP contribution is 2.42. The molecule has 2 aliphatic rings. The number of nitrogens with two attached hydrogens (primary N) is 1. The molecular weight excluding hydrogens is 158 g/mol. The van der Waals surface area contributed by atoms with Crippen LogP contribution in [0.25, 0.3) is 0 Å². The predicted molar refractivity (Wildman–Crippen MR) is 42.6 cm³/mol. The molecule has 1 aliphatic carbocycles. The Kier molecular flexibility index (Phi) is 2.08. The van der Waals surface area contributed by atoms with Gasteiger partial charge in [-0.2, -0.15) is 0 Å². The van der Waals surface area contributed by atoms with Gasteiger partial charge < -0.3 is 19.9 Å². The van der Waals surface area contributed by atoms with Crippen molar-refractivity contribution in [1.29, 1.82) is 0 Å². The average Bonchev–Trinajstić information content (AvgIpc) is 2.45. The van der Waals surface area contributed by atoms with E-state index in [1.165, 1.54) is 0 Å². The van der Waals surface area contributed by atoms with Crippen molar-refractivity contribution in [1.82, 2.24) is 0 Å². The maximum Gasteiger partial charge on any atom is 0.173 e. The topological polar surface area (TPSA) is 53.7 Å². The average molecular weight is 173 g/mol. The molecule has 0 bridgehead atoms. The number of rotatable bonds is 2. The minimum absolute atomic E-state index is 0.0859. The molecule has 1 spiro atoms. The van der Waals surface area contributed by atoms with E-state index in [-0.39, 0.29) is 11.9 Å². The summed E-state index contributed by atoms with van der Waals surface area (Å²) in [5.41, 5.74) is 5.46. The molecule has 1 unspecified atom stereocenters. The number of hydrogen-bond donors (Lipinski definition) is 1. The zero-order chi connectivity index (χ0) is 8.60. The number of methoxy groups -OCH3 is 1. The van der Waals surface area contributed by atoms with Crippen LogP contribution in [0.2, 0.25) is 0 Å². The van der Waals surface area contributed by atoms with Crippen LogP contribution in [0.4, 0.5) is 0 Å². The third-order valence-electron chi connectivity index (χ3n) is 2.59. The second kappa shape index (κ2) is 2.96. The molecule has 0 aromatic rings. The fraction of sp³-hybridized carbons (Fsp3) is 1.00. The number of ether oxygens (including phenoxy) is 3. The summed E-state index contributed by atoms with van der Waals surface area (Å²) >= 11 is 0. The van der Waals surface area contributed by atoms with Gasteiger partial charge in [-0.05, 0) is 0 Å². The van der Waals surface area contributed by atoms with Gasteiger partial charge >= 0.3 is 0 Å². The minimum atomic E-state index is -0.343. The molecule has 1 saturated heterocycles. The lowest BCUT2D eigenvalue weighted by Crippen LogP contribution is -2.49. The van der Waals surface area contributed by atoms with Crippen LogP contribution in [-0.4, -0.2) is 38.3 Å². The summed E-state index contributed by atoms with van der Waals surface area (Å²) in [5, 5.41) is 0. The minimum Gasteiger partial charge on any atom is -0.381 e. The van der Waals surface area contributed by atoms with Crippen molar-refractivity contribution in [3.63, 3.8) is 0 Å². The molecule has 4 nitrogen and oxygen atoms in total. The Bertz CT molecular complexity index is 168. The zero-order valence-electron chi connectivity index (χ0n) is 7.29. The molecule has 2 fully saturated rings. The Balaban J connectivity index is 1.84. The lowest BCUT2D eigenvalue weighted by Gasteiger charge is -2.42. The van der Waals surface area contributed by atoms with E-state index in [2.05, 4.69) is 0 Å². The summed E-state index contributed by atoms with van der Waals surface area (Å²) in [4.78, 5) is 0. The fourth-order valence-corrected chi connectivity index (χ4v) is 1.75. The summed E-state index contributed by atoms with van der Waals surface area (Å²) in [6, 6.07) is 0. The van der Waals surface area contributed by atoms with Gasteiger partial charge in [0, 0.05) is 26.5 Å². The van der Waals surface area contributed by atoms with Gasteiger partial charge in [0.2, 0.25) is 0 Å². The lowest BCUT2D eigenvalue weighted by atomic mass is 9.87. The SMILES string of the molecule is COC1CC2(C1)OCC(CN)O2. The summed E-state index contributed by atoms with van der Waals surface area (Å²) in [7, 11) is 1.72. The van der Waals surface area contributed by atoms with E-state index in [0.29, 0.717) is 19.3 Å². The molecule has 0 radical (unpaired) electrons. The Labute approximate surface area is 72.0 Å².